The van der Waals surface area contributed by atoms with E-state index in [2.05, 4.69) is 25.7 Å². The summed E-state index contributed by atoms with van der Waals surface area (Å²) in [5.74, 6) is -2.63. The summed E-state index contributed by atoms with van der Waals surface area (Å²) < 4.78 is 17.2. The minimum Gasteiger partial charge on any atom is -0.503 e. The molecule has 0 unspecified atom stereocenters. The Balaban J connectivity index is 3.28. The minimum atomic E-state index is -0.928. The lowest BCUT2D eigenvalue weighted by Gasteiger charge is -2.02. The molecule has 1 aromatic rings. The maximum absolute atomic E-state index is 12.8. The van der Waals surface area contributed by atoms with Gasteiger partial charge in [0.2, 0.25) is 0 Å². The molecule has 0 aliphatic heterocycles. The van der Waals surface area contributed by atoms with Crippen molar-refractivity contribution in [3.05, 3.63) is 22.2 Å². The summed E-state index contributed by atoms with van der Waals surface area (Å²) in [7, 11) is 1.11. The SMILES string of the molecule is COC(=O)c1nc(Br)cc(F)c1O. The van der Waals surface area contributed by atoms with Crippen LogP contribution < -0.4 is 0 Å². The Bertz CT molecular complexity index is 356. The van der Waals surface area contributed by atoms with E-state index >= 15 is 0 Å². The number of hydrogen-bond acceptors (Lipinski definition) is 4. The molecule has 0 atom stereocenters. The molecule has 0 saturated heterocycles. The van der Waals surface area contributed by atoms with E-state index in [9.17, 15) is 9.18 Å². The number of aromatic nitrogens is 1. The van der Waals surface area contributed by atoms with Crippen molar-refractivity contribution in [1.29, 1.82) is 0 Å². The molecule has 13 heavy (non-hydrogen) atoms. The Kier molecular flexibility index (Phi) is 2.82. The van der Waals surface area contributed by atoms with E-state index in [0.717, 1.165) is 13.2 Å². The molecule has 0 aromatic carbocycles. The summed E-state index contributed by atoms with van der Waals surface area (Å²) in [6, 6.07) is 0.946. The van der Waals surface area contributed by atoms with Crippen molar-refractivity contribution in [1.82, 2.24) is 4.98 Å². The maximum atomic E-state index is 12.8. The van der Waals surface area contributed by atoms with Gasteiger partial charge < -0.3 is 9.84 Å². The van der Waals surface area contributed by atoms with E-state index in [4.69, 9.17) is 5.11 Å². The summed E-state index contributed by atoms with van der Waals surface area (Å²) in [6.07, 6.45) is 0. The van der Waals surface area contributed by atoms with E-state index in [1.165, 1.54) is 0 Å². The van der Waals surface area contributed by atoms with Gasteiger partial charge in [0.25, 0.3) is 0 Å². The molecule has 1 aromatic heterocycles. The molecular formula is C7H5BrFNO3. The zero-order chi connectivity index (χ0) is 10.0. The molecule has 1 rings (SSSR count). The van der Waals surface area contributed by atoms with Gasteiger partial charge in [-0.2, -0.15) is 0 Å². The van der Waals surface area contributed by atoms with E-state index in [0.29, 0.717) is 0 Å². The third kappa shape index (κ3) is 1.95. The second-order valence-electron chi connectivity index (χ2n) is 2.12. The van der Waals surface area contributed by atoms with E-state index in [-0.39, 0.29) is 4.60 Å². The van der Waals surface area contributed by atoms with Crippen LogP contribution in [0.15, 0.2) is 10.7 Å². The number of aromatic hydroxyl groups is 1. The largest absolute Gasteiger partial charge is 0.503 e. The van der Waals surface area contributed by atoms with E-state index in [1.807, 2.05) is 0 Å². The molecule has 0 bridgehead atoms. The van der Waals surface area contributed by atoms with Crippen LogP contribution in [-0.2, 0) is 4.74 Å². The standard InChI is InChI=1S/C7H5BrFNO3/c1-13-7(12)5-6(11)3(9)2-4(8)10-5/h2,11H,1H3. The van der Waals surface area contributed by atoms with Crippen LogP contribution in [0, 0.1) is 5.82 Å². The van der Waals surface area contributed by atoms with Gasteiger partial charge >= 0.3 is 5.97 Å². The number of carbonyl (C=O) groups is 1. The molecular weight excluding hydrogens is 245 g/mol. The molecule has 0 saturated carbocycles. The van der Waals surface area contributed by atoms with Gasteiger partial charge in [-0.15, -0.1) is 0 Å². The van der Waals surface area contributed by atoms with Crippen LogP contribution in [0.5, 0.6) is 5.75 Å². The van der Waals surface area contributed by atoms with Gasteiger partial charge in [0.05, 0.1) is 7.11 Å². The zero-order valence-electron chi connectivity index (χ0n) is 6.54. The average molecular weight is 250 g/mol. The number of halogens is 2. The van der Waals surface area contributed by atoms with Gasteiger partial charge in [-0.3, -0.25) is 0 Å². The van der Waals surface area contributed by atoms with E-state index < -0.39 is 23.2 Å². The Labute approximate surface area is 81.5 Å². The Morgan fingerprint density at radius 3 is 2.92 bits per heavy atom. The predicted octanol–water partition coefficient (Wildman–Crippen LogP) is 1.48. The first-order chi connectivity index (χ1) is 6.06. The number of rotatable bonds is 1. The smallest absolute Gasteiger partial charge is 0.360 e. The highest BCUT2D eigenvalue weighted by atomic mass is 79.9. The molecule has 6 heteroatoms. The minimum absolute atomic E-state index is 0.114. The number of nitrogens with zero attached hydrogens (tertiary/aromatic N) is 1. The Morgan fingerprint density at radius 1 is 1.77 bits per heavy atom. The summed E-state index contributed by atoms with van der Waals surface area (Å²) in [4.78, 5) is 14.5. The van der Waals surface area contributed by atoms with Crippen LogP contribution in [-0.4, -0.2) is 23.2 Å². The fraction of sp³-hybridized carbons (Fsp3) is 0.143. The lowest BCUT2D eigenvalue weighted by Crippen LogP contribution is -2.05. The summed E-state index contributed by atoms with van der Waals surface area (Å²) in [6.45, 7) is 0. The highest BCUT2D eigenvalue weighted by Gasteiger charge is 2.18. The van der Waals surface area contributed by atoms with Crippen molar-refractivity contribution in [2.24, 2.45) is 0 Å². The van der Waals surface area contributed by atoms with Crippen LogP contribution in [0.2, 0.25) is 0 Å². The number of ether oxygens (including phenoxy) is 1. The third-order valence-electron chi connectivity index (χ3n) is 1.29. The topological polar surface area (TPSA) is 59.4 Å². The lowest BCUT2D eigenvalue weighted by molar-refractivity contribution is 0.0589. The van der Waals surface area contributed by atoms with Gasteiger partial charge in [0.1, 0.15) is 4.60 Å². The monoisotopic (exact) mass is 249 g/mol. The van der Waals surface area contributed by atoms with E-state index in [1.54, 1.807) is 0 Å². The lowest BCUT2D eigenvalue weighted by atomic mass is 10.3. The first kappa shape index (κ1) is 9.91. The highest BCUT2D eigenvalue weighted by molar-refractivity contribution is 9.10. The number of pyridine rings is 1. The molecule has 0 fully saturated rings. The highest BCUT2D eigenvalue weighted by Crippen LogP contribution is 2.23. The van der Waals surface area contributed by atoms with Crippen molar-refractivity contribution in [2.75, 3.05) is 7.11 Å². The van der Waals surface area contributed by atoms with Crippen molar-refractivity contribution in [3.63, 3.8) is 0 Å². The normalized spacial score (nSPS) is 9.77. The molecule has 0 radical (unpaired) electrons. The fourth-order valence-corrected chi connectivity index (χ4v) is 1.10. The number of carbonyl (C=O) groups excluding carboxylic acids is 1. The van der Waals surface area contributed by atoms with Crippen LogP contribution in [0.1, 0.15) is 10.5 Å². The molecule has 1 N–H and O–H groups in total. The summed E-state index contributed by atoms with van der Waals surface area (Å²) in [5, 5.41) is 9.06. The van der Waals surface area contributed by atoms with Crippen LogP contribution in [0.25, 0.3) is 0 Å². The molecule has 0 aliphatic rings. The molecule has 70 valence electrons. The number of esters is 1. The zero-order valence-corrected chi connectivity index (χ0v) is 8.13. The van der Waals surface area contributed by atoms with Gasteiger partial charge in [0.15, 0.2) is 17.3 Å². The Morgan fingerprint density at radius 2 is 2.38 bits per heavy atom. The summed E-state index contributed by atoms with van der Waals surface area (Å²) in [5.41, 5.74) is -0.450. The first-order valence-electron chi connectivity index (χ1n) is 3.19. The van der Waals surface area contributed by atoms with Gasteiger partial charge in [0, 0.05) is 6.07 Å². The third-order valence-corrected chi connectivity index (χ3v) is 1.70. The first-order valence-corrected chi connectivity index (χ1v) is 3.99. The average Bonchev–Trinajstić information content (AvgIpc) is 2.10. The van der Waals surface area contributed by atoms with Crippen LogP contribution >= 0.6 is 15.9 Å². The second kappa shape index (κ2) is 3.69. The molecule has 4 nitrogen and oxygen atoms in total. The number of methoxy groups -OCH3 is 1. The van der Waals surface area contributed by atoms with Crippen molar-refractivity contribution >= 4 is 21.9 Å². The van der Waals surface area contributed by atoms with Crippen LogP contribution in [0.4, 0.5) is 4.39 Å². The molecule has 0 amide bonds. The van der Waals surface area contributed by atoms with Gasteiger partial charge in [-0.25, -0.2) is 14.2 Å². The van der Waals surface area contributed by atoms with Gasteiger partial charge in [-0.1, -0.05) is 0 Å². The van der Waals surface area contributed by atoms with Crippen molar-refractivity contribution in [3.8, 4) is 5.75 Å². The maximum Gasteiger partial charge on any atom is 0.360 e. The Hall–Kier alpha value is -1.17. The molecule has 0 spiro atoms. The van der Waals surface area contributed by atoms with Crippen molar-refractivity contribution < 1.29 is 19.0 Å². The van der Waals surface area contributed by atoms with Crippen LogP contribution in [0.3, 0.4) is 0 Å². The predicted molar refractivity (Wildman–Crippen MR) is 44.9 cm³/mol. The summed E-state index contributed by atoms with van der Waals surface area (Å²) >= 11 is 2.87. The van der Waals surface area contributed by atoms with Gasteiger partial charge in [-0.05, 0) is 15.9 Å². The fourth-order valence-electron chi connectivity index (χ4n) is 0.717. The number of hydrogen-bond donors (Lipinski definition) is 1. The second-order valence-corrected chi connectivity index (χ2v) is 2.93. The quantitative estimate of drug-likeness (QED) is 0.605. The molecule has 1 heterocycles. The van der Waals surface area contributed by atoms with Crippen molar-refractivity contribution in [2.45, 2.75) is 0 Å². The molecule has 0 aliphatic carbocycles.